The maximum Gasteiger partial charge on any atom is 0.272 e. The van der Waals surface area contributed by atoms with Crippen LogP contribution in [0.4, 0.5) is 5.69 Å². The molecule has 122 valence electrons. The number of hydrogen-bond acceptors (Lipinski definition) is 3. The van der Waals surface area contributed by atoms with Crippen LogP contribution in [0.25, 0.3) is 5.57 Å². The van der Waals surface area contributed by atoms with E-state index in [1.54, 1.807) is 18.2 Å². The van der Waals surface area contributed by atoms with Gasteiger partial charge in [-0.15, -0.1) is 11.8 Å². The summed E-state index contributed by atoms with van der Waals surface area (Å²) in [6, 6.07) is 13.9. The van der Waals surface area contributed by atoms with E-state index in [9.17, 15) is 9.59 Å². The van der Waals surface area contributed by atoms with Gasteiger partial charge >= 0.3 is 0 Å². The number of benzene rings is 2. The second-order valence-electron chi connectivity index (χ2n) is 5.08. The number of thioether (sulfide) groups is 1. The number of imide groups is 1. The van der Waals surface area contributed by atoms with Crippen LogP contribution in [0.3, 0.4) is 0 Å². The number of rotatable bonds is 4. The summed E-state index contributed by atoms with van der Waals surface area (Å²) in [5.41, 5.74) is 1.52. The lowest BCUT2D eigenvalue weighted by Crippen LogP contribution is -2.31. The number of nitrogens with zero attached hydrogens (tertiary/aromatic N) is 1. The smallest absolute Gasteiger partial charge is 0.268 e. The van der Waals surface area contributed by atoms with Gasteiger partial charge in [-0.1, -0.05) is 60.5 Å². The maximum absolute atomic E-state index is 13.0. The monoisotopic (exact) mass is 377 g/mol. The molecule has 0 radical (unpaired) electrons. The van der Waals surface area contributed by atoms with Gasteiger partial charge in [-0.2, -0.15) is 0 Å². The van der Waals surface area contributed by atoms with Crippen molar-refractivity contribution < 1.29 is 9.59 Å². The summed E-state index contributed by atoms with van der Waals surface area (Å²) in [6.07, 6.45) is 0. The fourth-order valence-corrected chi connectivity index (χ4v) is 3.92. The highest BCUT2D eigenvalue weighted by molar-refractivity contribution is 8.04. The van der Waals surface area contributed by atoms with Crippen molar-refractivity contribution in [3.63, 3.8) is 0 Å². The van der Waals surface area contributed by atoms with Crippen molar-refractivity contribution in [1.82, 2.24) is 0 Å². The summed E-state index contributed by atoms with van der Waals surface area (Å²) >= 11 is 13.4. The Hall–Kier alpha value is -1.75. The van der Waals surface area contributed by atoms with Crippen molar-refractivity contribution >= 4 is 58.0 Å². The second-order valence-corrected chi connectivity index (χ2v) is 7.22. The quantitative estimate of drug-likeness (QED) is 0.701. The van der Waals surface area contributed by atoms with Gasteiger partial charge < -0.3 is 0 Å². The lowest BCUT2D eigenvalue weighted by Gasteiger charge is -2.16. The minimum absolute atomic E-state index is 0.343. The van der Waals surface area contributed by atoms with Gasteiger partial charge in [-0.05, 0) is 29.5 Å². The molecular weight excluding hydrogens is 365 g/mol. The Balaban J connectivity index is 2.11. The molecule has 0 atom stereocenters. The van der Waals surface area contributed by atoms with Crippen LogP contribution in [0.1, 0.15) is 12.5 Å². The zero-order valence-corrected chi connectivity index (χ0v) is 15.1. The van der Waals surface area contributed by atoms with Crippen molar-refractivity contribution in [2.75, 3.05) is 10.7 Å². The zero-order valence-electron chi connectivity index (χ0n) is 12.8. The Morgan fingerprint density at radius 2 is 1.58 bits per heavy atom. The van der Waals surface area contributed by atoms with Crippen LogP contribution in [0.2, 0.25) is 10.0 Å². The van der Waals surface area contributed by atoms with Crippen molar-refractivity contribution in [1.29, 1.82) is 0 Å². The van der Waals surface area contributed by atoms with Gasteiger partial charge in [0.25, 0.3) is 11.8 Å². The molecule has 24 heavy (non-hydrogen) atoms. The predicted molar refractivity (Wildman–Crippen MR) is 100 cm³/mol. The third-order valence-electron chi connectivity index (χ3n) is 3.50. The third kappa shape index (κ3) is 3.09. The van der Waals surface area contributed by atoms with E-state index in [1.807, 2.05) is 37.3 Å². The average Bonchev–Trinajstić information content (AvgIpc) is 2.78. The molecule has 6 heteroatoms. The Kier molecular flexibility index (Phi) is 4.99. The highest BCUT2D eigenvalue weighted by Crippen LogP contribution is 2.39. The van der Waals surface area contributed by atoms with Crippen LogP contribution in [-0.4, -0.2) is 17.6 Å². The normalized spacial score (nSPS) is 14.7. The maximum atomic E-state index is 13.0. The van der Waals surface area contributed by atoms with Crippen molar-refractivity contribution in [3.8, 4) is 0 Å². The molecule has 1 heterocycles. The lowest BCUT2D eigenvalue weighted by atomic mass is 10.1. The molecule has 0 unspecified atom stereocenters. The van der Waals surface area contributed by atoms with Crippen LogP contribution in [0, 0.1) is 0 Å². The molecule has 0 bridgehead atoms. The zero-order chi connectivity index (χ0) is 17.3. The molecular formula is C18H13Cl2NO2S. The van der Waals surface area contributed by atoms with Gasteiger partial charge in [0.2, 0.25) is 0 Å². The summed E-state index contributed by atoms with van der Waals surface area (Å²) < 4.78 is 0. The van der Waals surface area contributed by atoms with Gasteiger partial charge in [-0.3, -0.25) is 9.59 Å². The highest BCUT2D eigenvalue weighted by atomic mass is 35.5. The van der Waals surface area contributed by atoms with E-state index in [-0.39, 0.29) is 11.8 Å². The first-order valence-electron chi connectivity index (χ1n) is 7.30. The van der Waals surface area contributed by atoms with Gasteiger partial charge in [-0.25, -0.2) is 4.90 Å². The predicted octanol–water partition coefficient (Wildman–Crippen LogP) is 5.03. The molecule has 1 aliphatic heterocycles. The number of halogens is 2. The number of anilines is 1. The molecule has 1 aliphatic rings. The molecule has 0 spiro atoms. The summed E-state index contributed by atoms with van der Waals surface area (Å²) in [7, 11) is 0. The Morgan fingerprint density at radius 3 is 2.17 bits per heavy atom. The summed E-state index contributed by atoms with van der Waals surface area (Å²) in [5, 5.41) is 0.743. The molecule has 2 aromatic rings. The average molecular weight is 378 g/mol. The molecule has 0 N–H and O–H groups in total. The molecule has 2 amide bonds. The van der Waals surface area contributed by atoms with Crippen LogP contribution >= 0.6 is 35.0 Å². The number of carbonyl (C=O) groups excluding carboxylic acids is 2. The van der Waals surface area contributed by atoms with Crippen LogP contribution in [0.15, 0.2) is 53.4 Å². The molecule has 0 fully saturated rings. The fourth-order valence-electron chi connectivity index (χ4n) is 2.55. The lowest BCUT2D eigenvalue weighted by molar-refractivity contribution is -0.119. The van der Waals surface area contributed by atoms with Crippen LogP contribution in [-0.2, 0) is 9.59 Å². The van der Waals surface area contributed by atoms with E-state index < -0.39 is 0 Å². The van der Waals surface area contributed by atoms with E-state index in [1.165, 1.54) is 11.8 Å². The Bertz CT molecular complexity index is 829. The first kappa shape index (κ1) is 17.1. The van der Waals surface area contributed by atoms with E-state index in [0.717, 1.165) is 10.5 Å². The minimum Gasteiger partial charge on any atom is -0.268 e. The molecule has 0 saturated carbocycles. The highest BCUT2D eigenvalue weighted by Gasteiger charge is 2.40. The standard InChI is InChI=1S/C18H13Cl2NO2S/c1-2-24-16-15(11-6-4-3-5-7-11)17(22)21(18(16)23)14-9-12(19)8-13(20)10-14/h3-10H,2H2,1H3. The van der Waals surface area contributed by atoms with Crippen molar-refractivity contribution in [3.05, 3.63) is 69.0 Å². The summed E-state index contributed by atoms with van der Waals surface area (Å²) in [5.74, 6) is -0.0148. The first-order chi connectivity index (χ1) is 11.5. The minimum atomic E-state index is -0.361. The Morgan fingerprint density at radius 1 is 0.958 bits per heavy atom. The SMILES string of the molecule is CCSC1=C(c2ccccc2)C(=O)N(c2cc(Cl)cc(Cl)c2)C1=O. The van der Waals surface area contributed by atoms with Gasteiger partial charge in [0, 0.05) is 10.0 Å². The van der Waals surface area contributed by atoms with E-state index in [4.69, 9.17) is 23.2 Å². The molecule has 3 rings (SSSR count). The fraction of sp³-hybridized carbons (Fsp3) is 0.111. The summed E-state index contributed by atoms with van der Waals surface area (Å²) in [4.78, 5) is 27.4. The first-order valence-corrected chi connectivity index (χ1v) is 9.04. The largest absolute Gasteiger partial charge is 0.272 e. The molecule has 0 aliphatic carbocycles. The second kappa shape index (κ2) is 7.01. The van der Waals surface area contributed by atoms with Crippen molar-refractivity contribution in [2.24, 2.45) is 0 Å². The van der Waals surface area contributed by atoms with E-state index >= 15 is 0 Å². The van der Waals surface area contributed by atoms with Gasteiger partial charge in [0.05, 0.1) is 16.2 Å². The number of carbonyl (C=O) groups is 2. The van der Waals surface area contributed by atoms with E-state index in [0.29, 0.717) is 32.0 Å². The third-order valence-corrected chi connectivity index (χ3v) is 4.89. The van der Waals surface area contributed by atoms with Crippen LogP contribution in [0.5, 0.6) is 0 Å². The van der Waals surface area contributed by atoms with Gasteiger partial charge in [0.1, 0.15) is 0 Å². The molecule has 0 aromatic heterocycles. The van der Waals surface area contributed by atoms with Crippen molar-refractivity contribution in [2.45, 2.75) is 6.92 Å². The van der Waals surface area contributed by atoms with Crippen LogP contribution < -0.4 is 4.90 Å². The Labute approximate surface area is 154 Å². The van der Waals surface area contributed by atoms with Gasteiger partial charge in [0.15, 0.2) is 0 Å². The topological polar surface area (TPSA) is 37.4 Å². The number of amides is 2. The molecule has 2 aromatic carbocycles. The summed E-state index contributed by atoms with van der Waals surface area (Å²) in [6.45, 7) is 1.94. The molecule has 3 nitrogen and oxygen atoms in total. The molecule has 0 saturated heterocycles. The van der Waals surface area contributed by atoms with E-state index in [2.05, 4.69) is 0 Å². The number of hydrogen-bond donors (Lipinski definition) is 0.